The van der Waals surface area contributed by atoms with E-state index >= 15 is 0 Å². The molecule has 1 unspecified atom stereocenters. The number of thiophene rings is 1. The van der Waals surface area contributed by atoms with Crippen molar-refractivity contribution in [2.45, 2.75) is 26.3 Å². The first-order valence-corrected chi connectivity index (χ1v) is 7.13. The molecule has 1 aromatic heterocycles. The van der Waals surface area contributed by atoms with Gasteiger partial charge in [0.25, 0.3) is 0 Å². The number of anilines is 1. The van der Waals surface area contributed by atoms with Gasteiger partial charge in [-0.3, -0.25) is 9.59 Å². The van der Waals surface area contributed by atoms with E-state index < -0.39 is 5.97 Å². The zero-order valence-corrected chi connectivity index (χ0v) is 12.1. The van der Waals surface area contributed by atoms with Crippen molar-refractivity contribution in [3.63, 3.8) is 0 Å². The lowest BCUT2D eigenvalue weighted by atomic mass is 10.1. The molecule has 0 aliphatic carbocycles. The topological polar surface area (TPSA) is 86.7 Å². The first-order chi connectivity index (χ1) is 9.38. The number of hydrogen-bond donors (Lipinski definition) is 2. The summed E-state index contributed by atoms with van der Waals surface area (Å²) >= 11 is 1.01. The molecule has 1 aromatic rings. The average molecular weight is 296 g/mol. The number of likely N-dealkylation sites (tertiary alicyclic amines) is 1. The number of aromatic carboxylic acids is 1. The molecule has 0 radical (unpaired) electrons. The zero-order chi connectivity index (χ0) is 14.9. The summed E-state index contributed by atoms with van der Waals surface area (Å²) in [6.07, 6.45) is 0.210. The van der Waals surface area contributed by atoms with E-state index in [1.54, 1.807) is 11.0 Å². The quantitative estimate of drug-likeness (QED) is 0.884. The summed E-state index contributed by atoms with van der Waals surface area (Å²) in [5, 5.41) is 12.0. The molecule has 1 fully saturated rings. The van der Waals surface area contributed by atoms with Gasteiger partial charge in [-0.05, 0) is 26.0 Å². The minimum absolute atomic E-state index is 0.0162. The fraction of sp³-hybridized carbons (Fsp3) is 0.462. The van der Waals surface area contributed by atoms with Crippen molar-refractivity contribution in [2.75, 3.05) is 11.9 Å². The van der Waals surface area contributed by atoms with Crippen molar-refractivity contribution in [3.8, 4) is 0 Å². The summed E-state index contributed by atoms with van der Waals surface area (Å²) in [5.41, 5.74) is 0. The highest BCUT2D eigenvalue weighted by molar-refractivity contribution is 7.18. The van der Waals surface area contributed by atoms with Gasteiger partial charge in [0.05, 0.1) is 10.9 Å². The van der Waals surface area contributed by atoms with E-state index in [1.807, 2.05) is 13.8 Å². The van der Waals surface area contributed by atoms with E-state index in [0.717, 1.165) is 11.3 Å². The van der Waals surface area contributed by atoms with Crippen molar-refractivity contribution >= 4 is 34.1 Å². The Hall–Kier alpha value is -1.89. The molecule has 108 valence electrons. The fourth-order valence-electron chi connectivity index (χ4n) is 2.15. The molecule has 2 rings (SSSR count). The Morgan fingerprint density at radius 3 is 2.65 bits per heavy atom. The molecule has 2 amide bonds. The third-order valence-electron chi connectivity index (χ3n) is 3.22. The van der Waals surface area contributed by atoms with Crippen LogP contribution < -0.4 is 5.32 Å². The molecule has 1 atom stereocenters. The number of nitrogens with zero attached hydrogens (tertiary/aromatic N) is 1. The minimum atomic E-state index is -1.02. The second-order valence-electron chi connectivity index (χ2n) is 5.00. The van der Waals surface area contributed by atoms with Gasteiger partial charge in [0, 0.05) is 19.0 Å². The summed E-state index contributed by atoms with van der Waals surface area (Å²) in [7, 11) is 0. The molecule has 0 aromatic carbocycles. The Bertz CT molecular complexity index is 552. The Kier molecular flexibility index (Phi) is 4.08. The molecule has 1 saturated heterocycles. The van der Waals surface area contributed by atoms with Gasteiger partial charge in [-0.15, -0.1) is 11.3 Å². The Labute approximate surface area is 120 Å². The maximum atomic E-state index is 12.1. The van der Waals surface area contributed by atoms with Crippen LogP contribution >= 0.6 is 11.3 Å². The first-order valence-electron chi connectivity index (χ1n) is 6.32. The number of hydrogen-bond acceptors (Lipinski definition) is 4. The van der Waals surface area contributed by atoms with Gasteiger partial charge in [0.1, 0.15) is 4.88 Å². The summed E-state index contributed by atoms with van der Waals surface area (Å²) in [6, 6.07) is 3.09. The van der Waals surface area contributed by atoms with Crippen LogP contribution in [0.5, 0.6) is 0 Å². The van der Waals surface area contributed by atoms with E-state index in [4.69, 9.17) is 5.11 Å². The Balaban J connectivity index is 1.98. The van der Waals surface area contributed by atoms with E-state index in [9.17, 15) is 14.4 Å². The number of carbonyl (C=O) groups excluding carboxylic acids is 2. The van der Waals surface area contributed by atoms with Gasteiger partial charge >= 0.3 is 5.97 Å². The third-order valence-corrected chi connectivity index (χ3v) is 4.20. The number of amides is 2. The van der Waals surface area contributed by atoms with E-state index in [0.29, 0.717) is 11.5 Å². The van der Waals surface area contributed by atoms with Gasteiger partial charge in [0.15, 0.2) is 0 Å². The van der Waals surface area contributed by atoms with Crippen LogP contribution in [0.4, 0.5) is 5.00 Å². The highest BCUT2D eigenvalue weighted by Crippen LogP contribution is 2.25. The molecule has 0 bridgehead atoms. The molecule has 2 N–H and O–H groups in total. The van der Waals surface area contributed by atoms with Crippen LogP contribution in [-0.2, 0) is 9.59 Å². The molecule has 7 heteroatoms. The molecule has 2 heterocycles. The number of carbonyl (C=O) groups is 3. The molecule has 1 aliphatic heterocycles. The summed E-state index contributed by atoms with van der Waals surface area (Å²) in [5.74, 6) is -1.64. The summed E-state index contributed by atoms with van der Waals surface area (Å²) in [4.78, 5) is 36.4. The van der Waals surface area contributed by atoms with Crippen LogP contribution in [0, 0.1) is 5.92 Å². The molecule has 0 saturated carbocycles. The van der Waals surface area contributed by atoms with Crippen LogP contribution in [0.25, 0.3) is 0 Å². The Morgan fingerprint density at radius 1 is 1.45 bits per heavy atom. The zero-order valence-electron chi connectivity index (χ0n) is 11.3. The van der Waals surface area contributed by atoms with Crippen molar-refractivity contribution in [2.24, 2.45) is 5.92 Å². The average Bonchev–Trinajstić information content (AvgIpc) is 2.95. The van der Waals surface area contributed by atoms with Crippen LogP contribution in [0.1, 0.15) is 29.9 Å². The van der Waals surface area contributed by atoms with Crippen LogP contribution in [-0.4, -0.2) is 40.4 Å². The smallest absolute Gasteiger partial charge is 0.345 e. The first kappa shape index (κ1) is 14.5. The van der Waals surface area contributed by atoms with Gasteiger partial charge in [-0.1, -0.05) is 0 Å². The van der Waals surface area contributed by atoms with Crippen molar-refractivity contribution in [1.29, 1.82) is 0 Å². The van der Waals surface area contributed by atoms with Crippen LogP contribution in [0.15, 0.2) is 12.1 Å². The summed E-state index contributed by atoms with van der Waals surface area (Å²) < 4.78 is 0. The number of carboxylic acid groups (broad SMARTS) is 1. The molecule has 20 heavy (non-hydrogen) atoms. The number of carboxylic acids is 1. The molecule has 6 nitrogen and oxygen atoms in total. The molecular weight excluding hydrogens is 280 g/mol. The highest BCUT2D eigenvalue weighted by Gasteiger charge is 2.35. The number of rotatable bonds is 4. The highest BCUT2D eigenvalue weighted by atomic mass is 32.1. The van der Waals surface area contributed by atoms with E-state index in [1.165, 1.54) is 6.07 Å². The standard InChI is InChI=1S/C13H16N2O4S/c1-7(2)15-6-8(5-11(15)16)12(17)14-10-4-3-9(20-10)13(18)19/h3-4,7-8H,5-6H2,1-2H3,(H,14,17)(H,18,19). The SMILES string of the molecule is CC(C)N1CC(C(=O)Nc2ccc(C(=O)O)s2)CC1=O. The number of nitrogens with one attached hydrogen (secondary N) is 1. The lowest BCUT2D eigenvalue weighted by molar-refractivity contribution is -0.129. The second-order valence-corrected chi connectivity index (χ2v) is 6.08. The summed E-state index contributed by atoms with van der Waals surface area (Å²) in [6.45, 7) is 4.24. The van der Waals surface area contributed by atoms with Crippen molar-refractivity contribution in [3.05, 3.63) is 17.0 Å². The predicted octanol–water partition coefficient (Wildman–Crippen LogP) is 1.64. The molecule has 1 aliphatic rings. The minimum Gasteiger partial charge on any atom is -0.477 e. The normalized spacial score (nSPS) is 18.6. The van der Waals surface area contributed by atoms with Crippen LogP contribution in [0.2, 0.25) is 0 Å². The van der Waals surface area contributed by atoms with Crippen molar-refractivity contribution in [1.82, 2.24) is 4.90 Å². The van der Waals surface area contributed by atoms with Gasteiger partial charge < -0.3 is 15.3 Å². The van der Waals surface area contributed by atoms with Crippen LogP contribution in [0.3, 0.4) is 0 Å². The second kappa shape index (κ2) is 5.62. The maximum Gasteiger partial charge on any atom is 0.345 e. The molecular formula is C13H16N2O4S. The maximum absolute atomic E-state index is 12.1. The Morgan fingerprint density at radius 2 is 2.15 bits per heavy atom. The third kappa shape index (κ3) is 2.98. The largest absolute Gasteiger partial charge is 0.477 e. The van der Waals surface area contributed by atoms with Gasteiger partial charge in [-0.25, -0.2) is 4.79 Å². The predicted molar refractivity (Wildman–Crippen MR) is 74.9 cm³/mol. The molecule has 0 spiro atoms. The van der Waals surface area contributed by atoms with E-state index in [-0.39, 0.29) is 35.1 Å². The van der Waals surface area contributed by atoms with Gasteiger partial charge in [-0.2, -0.15) is 0 Å². The van der Waals surface area contributed by atoms with E-state index in [2.05, 4.69) is 5.32 Å². The van der Waals surface area contributed by atoms with Gasteiger partial charge in [0.2, 0.25) is 11.8 Å². The lowest BCUT2D eigenvalue weighted by Gasteiger charge is -2.20. The lowest BCUT2D eigenvalue weighted by Crippen LogP contribution is -2.33. The monoisotopic (exact) mass is 296 g/mol. The fourth-order valence-corrected chi connectivity index (χ4v) is 2.90. The van der Waals surface area contributed by atoms with Crippen molar-refractivity contribution < 1.29 is 19.5 Å².